The van der Waals surface area contributed by atoms with Crippen molar-refractivity contribution in [3.63, 3.8) is 0 Å². The molecule has 2 atom stereocenters. The smallest absolute Gasteiger partial charge is 1.00 e. The average Bonchev–Trinajstić information content (AvgIpc) is 0.816. The summed E-state index contributed by atoms with van der Waals surface area (Å²) in [5.41, 5.74) is 11.1. The molecule has 0 amide bonds. The fourth-order valence-electron chi connectivity index (χ4n) is 9.65. The third-order valence-corrected chi connectivity index (χ3v) is 21.1. The zero-order valence-corrected chi connectivity index (χ0v) is 83.4. The summed E-state index contributed by atoms with van der Waals surface area (Å²) in [6.45, 7) is 9.28. The van der Waals surface area contributed by atoms with Gasteiger partial charge in [0.2, 0.25) is 0 Å². The SMILES string of the molecule is C.C.C.C.CCS(=O)[O-].COc1cc(C(=O)c2ccc(F)cc2)c(Br)cc1C.COc1cc(C(=O)c2ccc(F)cc2)c(Br)cc1C(Br)Br.COc1cc(C(=O)c2ccc(F)cc2)c(Br)cc1CBr.COc1cc(C(O)c2ccc(F)cc2)c(Br)cc1C.COc1cc(C=O)c(Br)cc1C.COc1cc(C=O)ccc1C.Fc1cc[c-]cc1.[Br-].[Mg+2].[Na+]. The molecule has 11 rings (SSSR count). The fraction of sp³-hybridized carbons (Fsp3) is 0.211. The molecule has 0 radical (unpaired) electrons. The topological polar surface area (TPSA) is 201 Å². The second-order valence-corrected chi connectivity index (χ2v) is 32.5. The van der Waals surface area contributed by atoms with Gasteiger partial charge in [-0.1, -0.05) is 199 Å². The number of ketones is 3. The van der Waals surface area contributed by atoms with Crippen LogP contribution in [0.5, 0.6) is 34.5 Å². The van der Waals surface area contributed by atoms with Crippen LogP contribution < -0.4 is 75.0 Å². The normalized spacial score (nSPS) is 10.0. The Kier molecular flexibility index (Phi) is 63.7. The van der Waals surface area contributed by atoms with Crippen LogP contribution >= 0.6 is 127 Å². The molecule has 0 saturated carbocycles. The number of methoxy groups -OCH3 is 6. The molecule has 0 aliphatic heterocycles. The Bertz CT molecular complexity index is 5050. The quantitative estimate of drug-likeness (QED) is 0.0152. The van der Waals surface area contributed by atoms with Crippen molar-refractivity contribution in [2.45, 2.75) is 79.5 Å². The number of halogens is 14. The molecule has 14 nitrogen and oxygen atoms in total. The predicted molar refractivity (Wildman–Crippen MR) is 497 cm³/mol. The molecular formula is C90H91Br9F5MgNaO14S. The molecule has 2 unspecified atom stereocenters. The van der Waals surface area contributed by atoms with Gasteiger partial charge in [0.1, 0.15) is 70.2 Å². The van der Waals surface area contributed by atoms with Crippen LogP contribution in [0.3, 0.4) is 0 Å². The van der Waals surface area contributed by atoms with E-state index in [1.807, 2.05) is 64.1 Å². The zero-order chi connectivity index (χ0) is 85.1. The molecule has 11 aromatic rings. The molecule has 0 heterocycles. The number of carbonyl (C=O) groups excluding carboxylic acids is 5. The number of aryl methyl sites for hydroxylation is 4. The van der Waals surface area contributed by atoms with Crippen LogP contribution in [0.4, 0.5) is 22.0 Å². The molecular weight excluding hydrogens is 2200 g/mol. The van der Waals surface area contributed by atoms with Crippen LogP contribution in [0, 0.1) is 62.8 Å². The van der Waals surface area contributed by atoms with E-state index in [-0.39, 0.29) is 155 Å². The van der Waals surface area contributed by atoms with Gasteiger partial charge in [0.25, 0.3) is 0 Å². The van der Waals surface area contributed by atoms with Crippen LogP contribution in [0.15, 0.2) is 223 Å². The van der Waals surface area contributed by atoms with Crippen LogP contribution in [-0.2, 0) is 16.4 Å². The van der Waals surface area contributed by atoms with Gasteiger partial charge in [-0.2, -0.15) is 18.2 Å². The van der Waals surface area contributed by atoms with Crippen molar-refractivity contribution in [1.29, 1.82) is 0 Å². The second-order valence-electron chi connectivity index (χ2n) is 23.4. The number of hydrogen-bond donors (Lipinski definition) is 1. The number of aliphatic hydroxyl groups excluding tert-OH is 1. The van der Waals surface area contributed by atoms with Gasteiger partial charge in [0.05, 0.1) is 46.4 Å². The Hall–Kier alpha value is -5.62. The Balaban J connectivity index is -0.000000659. The Morgan fingerprint density at radius 1 is 0.446 bits per heavy atom. The standard InChI is InChI=1S/C15H10Br3FO2.C15H11Br2FO2.C15H14BrFO2.C15H12BrFO2.C9H9BrO2.C9H10O2.C6H4F.C2H6O2S.4CH4.BrH.Mg.Na/c1-21-13-7-10(12(16)6-11(13)15(17)18)14(20)8-2-4-9(19)5-3-8;1-20-14-7-12(13(17)6-10(14)8-16)15(19)9-2-4-11(18)5-3-9;2*1-9-7-13(16)12(8-14(9)19-2)15(18)10-3-5-11(17)6-4-10;1-6-3-8(10)7(5-11)4-9(6)12-2;1-7-3-4-8(6-10)5-9(7)11-2;7-6-4-2-1-3-5-6;1-2-5(3)4;;;;;;;/h2-7,15H,1H3;2-7H,8H2,1H3;3-8,15,18H,1-2H3;3-8H,1-2H3;3-5H,1-2H3;3-6H,1-2H3;2-5H;2H2,1H3,(H,3,4);4*1H4;1H;;/q;;;;;;-1;;;;;;;+2;+1/p-2. The minimum Gasteiger partial charge on any atom is -1.00 e. The van der Waals surface area contributed by atoms with Crippen molar-refractivity contribution in [3.05, 3.63) is 347 Å². The zero-order valence-electron chi connectivity index (χ0n) is 64.9. The maximum Gasteiger partial charge on any atom is 2.00 e. The third kappa shape index (κ3) is 39.4. The van der Waals surface area contributed by atoms with Crippen LogP contribution in [-0.4, -0.2) is 115 Å². The molecule has 0 aromatic heterocycles. The molecule has 31 heteroatoms. The van der Waals surface area contributed by atoms with E-state index in [4.69, 9.17) is 28.4 Å². The van der Waals surface area contributed by atoms with Gasteiger partial charge >= 0.3 is 52.6 Å². The Labute approximate surface area is 825 Å². The van der Waals surface area contributed by atoms with E-state index in [9.17, 15) is 59.8 Å². The number of aldehydes is 2. The molecule has 642 valence electrons. The minimum atomic E-state index is -1.82. The summed E-state index contributed by atoms with van der Waals surface area (Å²) in [7, 11) is 9.43. The maximum atomic E-state index is 12.9. The van der Waals surface area contributed by atoms with Gasteiger partial charge < -0.3 is 55.1 Å². The number of aliphatic hydroxyl groups is 1. The summed E-state index contributed by atoms with van der Waals surface area (Å²) in [5, 5.41) is 11.0. The third-order valence-electron chi connectivity index (χ3n) is 15.7. The van der Waals surface area contributed by atoms with E-state index < -0.39 is 17.2 Å². The molecule has 121 heavy (non-hydrogen) atoms. The molecule has 0 aliphatic rings. The van der Waals surface area contributed by atoms with Gasteiger partial charge in [0, 0.05) is 100 Å². The number of carbonyl (C=O) groups is 5. The van der Waals surface area contributed by atoms with Gasteiger partial charge in [-0.15, -0.1) is 12.1 Å². The van der Waals surface area contributed by atoms with Crippen molar-refractivity contribution in [2.24, 2.45) is 0 Å². The van der Waals surface area contributed by atoms with Crippen LogP contribution in [0.1, 0.15) is 159 Å². The molecule has 0 spiro atoms. The molecule has 1 N–H and O–H groups in total. The summed E-state index contributed by atoms with van der Waals surface area (Å²) >= 11 is 25.3. The van der Waals surface area contributed by atoms with E-state index in [0.29, 0.717) is 97.4 Å². The molecule has 11 aromatic carbocycles. The van der Waals surface area contributed by atoms with Gasteiger partial charge in [0.15, 0.2) is 23.6 Å². The number of rotatable bonds is 19. The Morgan fingerprint density at radius 3 is 1.13 bits per heavy atom. The molecule has 0 bridgehead atoms. The Morgan fingerprint density at radius 2 is 0.777 bits per heavy atom. The first-order chi connectivity index (χ1) is 54.2. The van der Waals surface area contributed by atoms with E-state index in [1.165, 1.54) is 109 Å². The second kappa shape index (κ2) is 63.3. The summed E-state index contributed by atoms with van der Waals surface area (Å²) in [4.78, 5) is 58.1. The molecule has 0 saturated heterocycles. The van der Waals surface area contributed by atoms with Crippen molar-refractivity contribution in [2.75, 3.05) is 48.4 Å². The first-order valence-electron chi connectivity index (χ1n) is 33.4. The largest absolute Gasteiger partial charge is 2.00 e. The van der Waals surface area contributed by atoms with E-state index in [0.717, 1.165) is 66.4 Å². The predicted octanol–water partition coefficient (Wildman–Crippen LogP) is 20.5. The molecule has 0 fully saturated rings. The minimum absolute atomic E-state index is 0. The number of ether oxygens (including phenoxy) is 6. The number of benzene rings is 11. The van der Waals surface area contributed by atoms with Gasteiger partial charge in [-0.25, -0.2) is 22.0 Å². The fourth-order valence-corrected chi connectivity index (χ4v) is 13.8. The van der Waals surface area contributed by atoms with Crippen LogP contribution in [0.2, 0.25) is 0 Å². The monoisotopic (exact) mass is 2280 g/mol. The number of hydrogen-bond acceptors (Lipinski definition) is 14. The van der Waals surface area contributed by atoms with E-state index >= 15 is 0 Å². The van der Waals surface area contributed by atoms with Crippen molar-refractivity contribution in [3.8, 4) is 34.5 Å². The summed E-state index contributed by atoms with van der Waals surface area (Å²) in [6, 6.07) is 53.8. The first-order valence-corrected chi connectivity index (χ1v) is 41.5. The summed E-state index contributed by atoms with van der Waals surface area (Å²) in [6.07, 6.45) is 0.776. The van der Waals surface area contributed by atoms with Gasteiger partial charge in [-0.3, -0.25) is 28.2 Å². The summed E-state index contributed by atoms with van der Waals surface area (Å²) < 4.78 is 117. The van der Waals surface area contributed by atoms with Crippen molar-refractivity contribution < 1.29 is 135 Å². The maximum absolute atomic E-state index is 12.9. The molecule has 0 aliphatic carbocycles. The number of alkyl halides is 3. The first kappa shape index (κ1) is 122. The van der Waals surface area contributed by atoms with Crippen molar-refractivity contribution >= 4 is 191 Å². The van der Waals surface area contributed by atoms with Gasteiger partial charge in [-0.05, 0) is 207 Å². The van der Waals surface area contributed by atoms with E-state index in [2.05, 4.69) is 134 Å². The average molecular weight is 2290 g/mol. The van der Waals surface area contributed by atoms with E-state index in [1.54, 1.807) is 104 Å². The summed E-state index contributed by atoms with van der Waals surface area (Å²) in [5.74, 6) is 2.09. The van der Waals surface area contributed by atoms with Crippen molar-refractivity contribution in [1.82, 2.24) is 0 Å². The van der Waals surface area contributed by atoms with Crippen LogP contribution in [0.25, 0.3) is 0 Å².